The van der Waals surface area contributed by atoms with Crippen LogP contribution in [0.25, 0.3) is 10.9 Å². The molecule has 0 saturated heterocycles. The molecule has 1 fully saturated rings. The van der Waals surface area contributed by atoms with Crippen molar-refractivity contribution in [2.24, 2.45) is 0 Å². The number of rotatable bonds is 6. The van der Waals surface area contributed by atoms with Gasteiger partial charge in [-0.3, -0.25) is 9.59 Å². The number of anilines is 2. The van der Waals surface area contributed by atoms with Gasteiger partial charge < -0.3 is 20.4 Å². The van der Waals surface area contributed by atoms with Crippen LogP contribution in [-0.2, 0) is 12.0 Å². The highest BCUT2D eigenvalue weighted by Gasteiger charge is 2.42. The van der Waals surface area contributed by atoms with E-state index in [0.29, 0.717) is 23.7 Å². The van der Waals surface area contributed by atoms with Crippen molar-refractivity contribution in [3.63, 3.8) is 0 Å². The molecule has 0 unspecified atom stereocenters. The number of aryl methyl sites for hydroxylation is 1. The Kier molecular flexibility index (Phi) is 5.76. The van der Waals surface area contributed by atoms with Gasteiger partial charge in [-0.2, -0.15) is 0 Å². The minimum Gasteiger partial charge on any atom is -0.487 e. The lowest BCUT2D eigenvalue weighted by Gasteiger charge is -2.39. The number of ketones is 1. The van der Waals surface area contributed by atoms with Gasteiger partial charge in [0, 0.05) is 17.8 Å². The molecule has 5 rings (SSSR count). The minimum atomic E-state index is -0.722. The normalized spacial score (nSPS) is 16.1. The van der Waals surface area contributed by atoms with Crippen LogP contribution >= 0.6 is 11.6 Å². The van der Waals surface area contributed by atoms with Gasteiger partial charge in [0.05, 0.1) is 27.7 Å². The first kappa shape index (κ1) is 22.7. The van der Waals surface area contributed by atoms with Crippen molar-refractivity contribution in [2.75, 3.05) is 24.2 Å². The van der Waals surface area contributed by atoms with E-state index < -0.39 is 11.2 Å². The Balaban J connectivity index is 1.57. The SMILES string of the molecule is CC(=O)c1cn2c3c(c(NCCCc4ccc(Cl)cc4)c(F)c(N)c3c1=O)OCC21CCCC1. The number of aromatic nitrogens is 1. The van der Waals surface area contributed by atoms with Crippen LogP contribution in [0.1, 0.15) is 54.9 Å². The molecule has 1 aliphatic carbocycles. The molecular weight excluding hydrogens is 457 g/mol. The largest absolute Gasteiger partial charge is 0.487 e. The molecule has 0 bridgehead atoms. The number of fused-ring (bicyclic) bond motifs is 1. The van der Waals surface area contributed by atoms with Crippen molar-refractivity contribution >= 4 is 39.7 Å². The van der Waals surface area contributed by atoms with Crippen LogP contribution in [0.4, 0.5) is 15.8 Å². The van der Waals surface area contributed by atoms with Crippen LogP contribution in [0, 0.1) is 5.82 Å². The number of hydrogen-bond donors (Lipinski definition) is 2. The summed E-state index contributed by atoms with van der Waals surface area (Å²) in [6, 6.07) is 7.63. The summed E-state index contributed by atoms with van der Waals surface area (Å²) in [5.74, 6) is -0.792. The lowest BCUT2D eigenvalue weighted by molar-refractivity contribution is 0.101. The summed E-state index contributed by atoms with van der Waals surface area (Å²) in [5, 5.41) is 3.87. The summed E-state index contributed by atoms with van der Waals surface area (Å²) in [6.07, 6.45) is 6.94. The molecule has 8 heteroatoms. The first-order valence-corrected chi connectivity index (χ1v) is 12.0. The van der Waals surface area contributed by atoms with Crippen LogP contribution in [0.2, 0.25) is 5.02 Å². The number of carbonyl (C=O) groups excluding carboxylic acids is 1. The molecule has 1 spiro atoms. The van der Waals surface area contributed by atoms with E-state index in [1.165, 1.54) is 6.92 Å². The molecule has 1 saturated carbocycles. The Bertz CT molecular complexity index is 1340. The highest BCUT2D eigenvalue weighted by molar-refractivity contribution is 6.30. The Morgan fingerprint density at radius 1 is 1.26 bits per heavy atom. The highest BCUT2D eigenvalue weighted by Crippen LogP contribution is 2.48. The van der Waals surface area contributed by atoms with E-state index in [0.717, 1.165) is 44.1 Å². The van der Waals surface area contributed by atoms with E-state index in [4.69, 9.17) is 22.1 Å². The summed E-state index contributed by atoms with van der Waals surface area (Å²) in [6.45, 7) is 2.19. The summed E-state index contributed by atoms with van der Waals surface area (Å²) >= 11 is 5.94. The Morgan fingerprint density at radius 2 is 1.97 bits per heavy atom. The molecule has 6 nitrogen and oxygen atoms in total. The number of nitrogens with zero attached hydrogens (tertiary/aromatic N) is 1. The number of halogens is 2. The van der Waals surface area contributed by atoms with Crippen molar-refractivity contribution in [3.05, 3.63) is 62.7 Å². The quantitative estimate of drug-likeness (QED) is 0.283. The lowest BCUT2D eigenvalue weighted by atomic mass is 9.93. The van der Waals surface area contributed by atoms with Crippen LogP contribution < -0.4 is 21.2 Å². The molecule has 1 aromatic heterocycles. The lowest BCUT2D eigenvalue weighted by Crippen LogP contribution is -2.42. The molecule has 3 aromatic rings. The number of Topliss-reactive ketones (excluding diaryl/α,β-unsaturated/α-hetero) is 1. The van der Waals surface area contributed by atoms with E-state index in [1.54, 1.807) is 6.20 Å². The average molecular weight is 484 g/mol. The van der Waals surface area contributed by atoms with E-state index in [-0.39, 0.29) is 39.4 Å². The summed E-state index contributed by atoms with van der Waals surface area (Å²) in [7, 11) is 0. The second kappa shape index (κ2) is 8.62. The maximum absolute atomic E-state index is 15.5. The third-order valence-electron chi connectivity index (χ3n) is 7.14. The molecule has 2 aliphatic rings. The third-order valence-corrected chi connectivity index (χ3v) is 7.39. The van der Waals surface area contributed by atoms with Crippen LogP contribution in [0.15, 0.2) is 35.3 Å². The van der Waals surface area contributed by atoms with Gasteiger partial charge in [-0.1, -0.05) is 36.6 Å². The maximum atomic E-state index is 15.5. The van der Waals surface area contributed by atoms with Gasteiger partial charge in [-0.15, -0.1) is 0 Å². The number of nitrogens with two attached hydrogens (primary N) is 1. The number of nitrogens with one attached hydrogen (secondary N) is 1. The highest BCUT2D eigenvalue weighted by atomic mass is 35.5. The van der Waals surface area contributed by atoms with Gasteiger partial charge in [-0.05, 0) is 50.3 Å². The molecular formula is C26H27ClFN3O3. The predicted molar refractivity (Wildman–Crippen MR) is 133 cm³/mol. The molecule has 178 valence electrons. The second-order valence-electron chi connectivity index (χ2n) is 9.33. The van der Waals surface area contributed by atoms with Gasteiger partial charge in [-0.25, -0.2) is 4.39 Å². The zero-order valence-electron chi connectivity index (χ0n) is 19.0. The number of ether oxygens (including phenoxy) is 1. The summed E-state index contributed by atoms with van der Waals surface area (Å²) in [5.41, 5.74) is 6.83. The van der Waals surface area contributed by atoms with Crippen molar-refractivity contribution < 1.29 is 13.9 Å². The summed E-state index contributed by atoms with van der Waals surface area (Å²) < 4.78 is 23.6. The zero-order valence-corrected chi connectivity index (χ0v) is 19.8. The number of carbonyl (C=O) groups is 1. The van der Waals surface area contributed by atoms with Crippen molar-refractivity contribution in [1.29, 1.82) is 0 Å². The van der Waals surface area contributed by atoms with Gasteiger partial charge in [0.15, 0.2) is 17.3 Å². The van der Waals surface area contributed by atoms with Gasteiger partial charge in [0.2, 0.25) is 5.43 Å². The fraction of sp³-hybridized carbons (Fsp3) is 0.385. The average Bonchev–Trinajstić information content (AvgIpc) is 3.28. The monoisotopic (exact) mass is 483 g/mol. The number of hydrogen-bond acceptors (Lipinski definition) is 5. The van der Waals surface area contributed by atoms with Crippen molar-refractivity contribution in [2.45, 2.75) is 51.0 Å². The third kappa shape index (κ3) is 3.63. The molecule has 2 heterocycles. The first-order valence-electron chi connectivity index (χ1n) is 11.7. The molecule has 34 heavy (non-hydrogen) atoms. The first-order chi connectivity index (χ1) is 16.3. The molecule has 0 radical (unpaired) electrons. The molecule has 3 N–H and O–H groups in total. The van der Waals surface area contributed by atoms with Gasteiger partial charge >= 0.3 is 0 Å². The van der Waals surface area contributed by atoms with Crippen molar-refractivity contribution in [1.82, 2.24) is 4.57 Å². The molecule has 2 aromatic carbocycles. The number of benzene rings is 2. The maximum Gasteiger partial charge on any atom is 0.202 e. The number of pyridine rings is 1. The zero-order chi connectivity index (χ0) is 24.0. The standard InChI is InChI=1S/C26H27ClFN3O3/c1-15(32)18-13-31-23-19(24(18)33)21(29)20(28)22(25(23)34-14-26(31)10-2-3-11-26)30-12-4-5-16-6-8-17(27)9-7-16/h6-9,13,30H,2-5,10-12,14,29H2,1H3. The van der Waals surface area contributed by atoms with Crippen LogP contribution in [-0.4, -0.2) is 23.5 Å². The summed E-state index contributed by atoms with van der Waals surface area (Å²) in [4.78, 5) is 25.4. The Hall–Kier alpha value is -3.06. The second-order valence-corrected chi connectivity index (χ2v) is 9.77. The Labute approximate surface area is 201 Å². The van der Waals surface area contributed by atoms with Crippen molar-refractivity contribution in [3.8, 4) is 5.75 Å². The number of nitrogen functional groups attached to an aromatic ring is 1. The molecule has 0 amide bonds. The Morgan fingerprint density at radius 3 is 2.65 bits per heavy atom. The molecule has 0 atom stereocenters. The topological polar surface area (TPSA) is 86.4 Å². The smallest absolute Gasteiger partial charge is 0.202 e. The van der Waals surface area contributed by atoms with Gasteiger partial charge in [0.25, 0.3) is 0 Å². The van der Waals surface area contributed by atoms with Gasteiger partial charge in [0.1, 0.15) is 12.3 Å². The fourth-order valence-electron chi connectivity index (χ4n) is 5.32. The van der Waals surface area contributed by atoms with E-state index in [1.807, 2.05) is 28.8 Å². The van der Waals surface area contributed by atoms with Crippen LogP contribution in [0.5, 0.6) is 5.75 Å². The predicted octanol–water partition coefficient (Wildman–Crippen LogP) is 5.29. The minimum absolute atomic E-state index is 0.0258. The molecule has 1 aliphatic heterocycles. The van der Waals surface area contributed by atoms with E-state index in [2.05, 4.69) is 5.32 Å². The van der Waals surface area contributed by atoms with E-state index in [9.17, 15) is 9.59 Å². The van der Waals surface area contributed by atoms with E-state index >= 15 is 4.39 Å². The fourth-order valence-corrected chi connectivity index (χ4v) is 5.45. The van der Waals surface area contributed by atoms with Crippen LogP contribution in [0.3, 0.4) is 0 Å².